The van der Waals surface area contributed by atoms with Gasteiger partial charge >= 0.3 is 5.97 Å². The normalized spacial score (nSPS) is 11.1. The highest BCUT2D eigenvalue weighted by Gasteiger charge is 2.16. The molecule has 0 radical (unpaired) electrons. The Balaban J connectivity index is 2.07. The summed E-state index contributed by atoms with van der Waals surface area (Å²) in [5.41, 5.74) is 2.15. The summed E-state index contributed by atoms with van der Waals surface area (Å²) in [6, 6.07) is 5.59. The lowest BCUT2D eigenvalue weighted by Gasteiger charge is -2.17. The maximum Gasteiger partial charge on any atom is 0.305 e. The van der Waals surface area contributed by atoms with Gasteiger partial charge in [0.1, 0.15) is 0 Å². The summed E-state index contributed by atoms with van der Waals surface area (Å²) in [5.74, 6) is -0.348. The average Bonchev–Trinajstić information content (AvgIpc) is 2.89. The second kappa shape index (κ2) is 8.34. The number of carbonyl (C=O) groups is 2. The van der Waals surface area contributed by atoms with Crippen molar-refractivity contribution in [3.05, 3.63) is 29.0 Å². The van der Waals surface area contributed by atoms with E-state index < -0.39 is 0 Å². The molecule has 0 fully saturated rings. The van der Waals surface area contributed by atoms with Gasteiger partial charge in [-0.15, -0.1) is 0 Å². The van der Waals surface area contributed by atoms with Crippen molar-refractivity contribution >= 4 is 34.5 Å². The largest absolute Gasteiger partial charge is 0.466 e. The fourth-order valence-electron chi connectivity index (χ4n) is 2.71. The fraction of sp³-hybridized carbons (Fsp3) is 0.500. The second-order valence-electron chi connectivity index (χ2n) is 6.18. The van der Waals surface area contributed by atoms with Gasteiger partial charge in [0, 0.05) is 31.6 Å². The molecule has 2 aromatic rings. The van der Waals surface area contributed by atoms with Crippen LogP contribution in [-0.2, 0) is 9.53 Å². The number of nitrogens with zero attached hydrogens (tertiary/aromatic N) is 3. The third kappa shape index (κ3) is 4.51. The number of imidazole rings is 1. The van der Waals surface area contributed by atoms with Crippen LogP contribution in [0.1, 0.15) is 50.0 Å². The van der Waals surface area contributed by atoms with E-state index in [1.165, 1.54) is 0 Å². The standard InChI is InChI=1S/C18H24ClN3O3/c1-5-25-16(23)7-6-10-21(4)17(24)13-8-9-15-14(11-13)20-18(19)22(15)12(2)3/h8-9,11-12H,5-7,10H2,1-4H3. The molecular formula is C18H24ClN3O3. The van der Waals surface area contributed by atoms with Crippen LogP contribution < -0.4 is 0 Å². The van der Waals surface area contributed by atoms with E-state index in [0.717, 1.165) is 5.52 Å². The number of esters is 1. The number of halogens is 1. The number of fused-ring (bicyclic) bond motifs is 1. The van der Waals surface area contributed by atoms with Crippen LogP contribution in [0.5, 0.6) is 0 Å². The molecule has 0 aliphatic rings. The molecule has 0 aliphatic carbocycles. The SMILES string of the molecule is CCOC(=O)CCCN(C)C(=O)c1ccc2c(c1)nc(Cl)n2C(C)C. The van der Waals surface area contributed by atoms with Gasteiger partial charge in [-0.2, -0.15) is 0 Å². The first-order chi connectivity index (χ1) is 11.8. The van der Waals surface area contributed by atoms with Gasteiger partial charge in [0.15, 0.2) is 0 Å². The maximum atomic E-state index is 12.6. The molecule has 0 spiro atoms. The average molecular weight is 366 g/mol. The van der Waals surface area contributed by atoms with Crippen LogP contribution >= 0.6 is 11.6 Å². The molecule has 0 atom stereocenters. The topological polar surface area (TPSA) is 64.4 Å². The number of carbonyl (C=O) groups excluding carboxylic acids is 2. The van der Waals surface area contributed by atoms with E-state index in [2.05, 4.69) is 4.98 Å². The second-order valence-corrected chi connectivity index (χ2v) is 6.52. The van der Waals surface area contributed by atoms with Crippen LogP contribution in [0.4, 0.5) is 0 Å². The van der Waals surface area contributed by atoms with Crippen molar-refractivity contribution < 1.29 is 14.3 Å². The molecule has 0 aliphatic heterocycles. The lowest BCUT2D eigenvalue weighted by atomic mass is 10.1. The molecule has 0 saturated heterocycles. The van der Waals surface area contributed by atoms with Crippen LogP contribution in [-0.4, -0.2) is 46.5 Å². The lowest BCUT2D eigenvalue weighted by molar-refractivity contribution is -0.143. The van der Waals surface area contributed by atoms with Gasteiger partial charge in [0.2, 0.25) is 5.28 Å². The summed E-state index contributed by atoms with van der Waals surface area (Å²) in [6.07, 6.45) is 0.871. The first-order valence-corrected chi connectivity index (χ1v) is 8.81. The highest BCUT2D eigenvalue weighted by atomic mass is 35.5. The highest BCUT2D eigenvalue weighted by molar-refractivity contribution is 6.29. The van der Waals surface area contributed by atoms with Gasteiger partial charge in [-0.25, -0.2) is 4.98 Å². The minimum absolute atomic E-state index is 0.110. The minimum Gasteiger partial charge on any atom is -0.466 e. The van der Waals surface area contributed by atoms with Gasteiger partial charge in [0.25, 0.3) is 5.91 Å². The van der Waals surface area contributed by atoms with E-state index >= 15 is 0 Å². The van der Waals surface area contributed by atoms with Gasteiger partial charge in [-0.3, -0.25) is 9.59 Å². The summed E-state index contributed by atoms with van der Waals surface area (Å²) in [6.45, 7) is 6.69. The quantitative estimate of drug-likeness (QED) is 0.702. The number of benzene rings is 1. The Hall–Kier alpha value is -2.08. The van der Waals surface area contributed by atoms with E-state index in [0.29, 0.717) is 42.4 Å². The number of amides is 1. The minimum atomic E-state index is -0.237. The van der Waals surface area contributed by atoms with Crippen molar-refractivity contribution in [2.75, 3.05) is 20.2 Å². The van der Waals surface area contributed by atoms with Crippen molar-refractivity contribution in [1.29, 1.82) is 0 Å². The van der Waals surface area contributed by atoms with Gasteiger partial charge in [-0.1, -0.05) is 0 Å². The summed E-state index contributed by atoms with van der Waals surface area (Å²) in [4.78, 5) is 29.8. The zero-order chi connectivity index (χ0) is 18.6. The van der Waals surface area contributed by atoms with E-state index in [4.69, 9.17) is 16.3 Å². The maximum absolute atomic E-state index is 12.6. The number of rotatable bonds is 7. The Morgan fingerprint density at radius 2 is 2.08 bits per heavy atom. The van der Waals surface area contributed by atoms with Crippen molar-refractivity contribution in [2.45, 2.75) is 39.7 Å². The smallest absolute Gasteiger partial charge is 0.305 e. The molecule has 1 amide bonds. The Bertz CT molecular complexity index is 770. The van der Waals surface area contributed by atoms with E-state index in [1.54, 1.807) is 31.0 Å². The number of aromatic nitrogens is 2. The van der Waals surface area contributed by atoms with Crippen molar-refractivity contribution in [3.63, 3.8) is 0 Å². The molecule has 1 aromatic carbocycles. The Kier molecular flexibility index (Phi) is 6.42. The van der Waals surface area contributed by atoms with Crippen LogP contribution in [0.15, 0.2) is 18.2 Å². The molecule has 0 bridgehead atoms. The monoisotopic (exact) mass is 365 g/mol. The predicted octanol–water partition coefficient (Wildman–Crippen LogP) is 3.69. The van der Waals surface area contributed by atoms with Crippen LogP contribution in [0.3, 0.4) is 0 Å². The highest BCUT2D eigenvalue weighted by Crippen LogP contribution is 2.25. The fourth-order valence-corrected chi connectivity index (χ4v) is 3.09. The molecule has 1 heterocycles. The molecule has 0 unspecified atom stereocenters. The number of hydrogen-bond donors (Lipinski definition) is 0. The molecule has 0 N–H and O–H groups in total. The van der Waals surface area contributed by atoms with Crippen molar-refractivity contribution in [2.24, 2.45) is 0 Å². The third-order valence-corrected chi connectivity index (χ3v) is 4.20. The summed E-state index contributed by atoms with van der Waals surface area (Å²) in [5, 5.41) is 0.414. The summed E-state index contributed by atoms with van der Waals surface area (Å²) in [7, 11) is 1.72. The number of ether oxygens (including phenoxy) is 1. The first-order valence-electron chi connectivity index (χ1n) is 8.43. The molecular weight excluding hydrogens is 342 g/mol. The molecule has 136 valence electrons. The van der Waals surface area contributed by atoms with Gasteiger partial charge < -0.3 is 14.2 Å². The summed E-state index contributed by atoms with van der Waals surface area (Å²) >= 11 is 6.19. The molecule has 6 nitrogen and oxygen atoms in total. The lowest BCUT2D eigenvalue weighted by Crippen LogP contribution is -2.28. The van der Waals surface area contributed by atoms with Crippen LogP contribution in [0, 0.1) is 0 Å². The van der Waals surface area contributed by atoms with E-state index in [9.17, 15) is 9.59 Å². The zero-order valence-electron chi connectivity index (χ0n) is 15.1. The molecule has 7 heteroatoms. The van der Waals surface area contributed by atoms with Crippen LogP contribution in [0.2, 0.25) is 5.28 Å². The third-order valence-electron chi connectivity index (χ3n) is 3.94. The zero-order valence-corrected chi connectivity index (χ0v) is 15.8. The Morgan fingerprint density at radius 3 is 2.72 bits per heavy atom. The molecule has 2 rings (SSSR count). The van der Waals surface area contributed by atoms with Crippen molar-refractivity contribution in [1.82, 2.24) is 14.5 Å². The van der Waals surface area contributed by atoms with E-state index in [1.807, 2.05) is 24.5 Å². The molecule has 25 heavy (non-hydrogen) atoms. The first kappa shape index (κ1) is 19.2. The van der Waals surface area contributed by atoms with Crippen molar-refractivity contribution in [3.8, 4) is 0 Å². The predicted molar refractivity (Wildman–Crippen MR) is 98.0 cm³/mol. The molecule has 1 aromatic heterocycles. The Labute approximate surface area is 152 Å². The Morgan fingerprint density at radius 1 is 1.36 bits per heavy atom. The molecule has 0 saturated carbocycles. The number of hydrogen-bond acceptors (Lipinski definition) is 4. The summed E-state index contributed by atoms with van der Waals surface area (Å²) < 4.78 is 6.81. The van der Waals surface area contributed by atoms with Gasteiger partial charge in [-0.05, 0) is 57.0 Å². The van der Waals surface area contributed by atoms with Crippen LogP contribution in [0.25, 0.3) is 11.0 Å². The van der Waals surface area contributed by atoms with E-state index in [-0.39, 0.29) is 17.9 Å². The van der Waals surface area contributed by atoms with Gasteiger partial charge in [0.05, 0.1) is 17.6 Å².